The zero-order valence-corrected chi connectivity index (χ0v) is 14.8. The van der Waals surface area contributed by atoms with Crippen LogP contribution in [-0.2, 0) is 0 Å². The Hall–Kier alpha value is -2.34. The van der Waals surface area contributed by atoms with Gasteiger partial charge in [-0.3, -0.25) is 9.78 Å². The lowest BCUT2D eigenvalue weighted by atomic mass is 10.2. The summed E-state index contributed by atoms with van der Waals surface area (Å²) >= 11 is 18.1. The van der Waals surface area contributed by atoms with Crippen molar-refractivity contribution in [3.8, 4) is 11.3 Å². The maximum Gasteiger partial charge on any atom is 0.289 e. The number of carbonyl (C=O) groups excluding carboxylic acids is 1. The van der Waals surface area contributed by atoms with E-state index in [1.54, 1.807) is 42.5 Å². The summed E-state index contributed by atoms with van der Waals surface area (Å²) < 4.78 is 5.63. The fourth-order valence-electron chi connectivity index (χ4n) is 1.99. The molecule has 0 saturated carbocycles. The van der Waals surface area contributed by atoms with Crippen molar-refractivity contribution in [1.82, 2.24) is 10.4 Å². The molecule has 0 atom stereocenters. The van der Waals surface area contributed by atoms with E-state index in [2.05, 4.69) is 15.5 Å². The van der Waals surface area contributed by atoms with Crippen LogP contribution in [0.5, 0.6) is 0 Å². The standard InChI is InChI=1S/C17H10Cl3N3O2/c18-12-8-14(20)13(19)7-11(12)16-5-4-10(25-16)9-22-23-17(24)15-3-1-2-6-21-15/h1-9H,(H,23,24)/b22-9+. The summed E-state index contributed by atoms with van der Waals surface area (Å²) in [4.78, 5) is 15.7. The van der Waals surface area contributed by atoms with E-state index >= 15 is 0 Å². The average Bonchev–Trinajstić information content (AvgIpc) is 3.07. The molecule has 5 nitrogen and oxygen atoms in total. The monoisotopic (exact) mass is 393 g/mol. The molecule has 0 aliphatic heterocycles. The number of hydrogen-bond donors (Lipinski definition) is 1. The molecule has 0 fully saturated rings. The third-order valence-corrected chi connectivity index (χ3v) is 4.19. The topological polar surface area (TPSA) is 67.5 Å². The molecule has 0 aliphatic rings. The first-order valence-corrected chi connectivity index (χ1v) is 8.17. The molecule has 126 valence electrons. The van der Waals surface area contributed by atoms with Crippen LogP contribution in [-0.4, -0.2) is 17.1 Å². The zero-order chi connectivity index (χ0) is 17.8. The Morgan fingerprint density at radius 3 is 2.64 bits per heavy atom. The molecule has 0 unspecified atom stereocenters. The SMILES string of the molecule is O=C(N/N=C/c1ccc(-c2cc(Cl)c(Cl)cc2Cl)o1)c1ccccn1. The van der Waals surface area contributed by atoms with Crippen LogP contribution in [0.1, 0.15) is 16.2 Å². The number of furan rings is 1. The second-order valence-corrected chi connectivity index (χ2v) is 6.08. The number of carbonyl (C=O) groups is 1. The number of hydrazone groups is 1. The molecule has 0 bridgehead atoms. The van der Waals surface area contributed by atoms with Crippen LogP contribution >= 0.6 is 34.8 Å². The van der Waals surface area contributed by atoms with Gasteiger partial charge < -0.3 is 4.42 Å². The van der Waals surface area contributed by atoms with E-state index in [1.807, 2.05) is 0 Å². The van der Waals surface area contributed by atoms with Gasteiger partial charge in [0.2, 0.25) is 0 Å². The Bertz CT molecular complexity index is 940. The lowest BCUT2D eigenvalue weighted by Gasteiger charge is -2.03. The van der Waals surface area contributed by atoms with Crippen molar-refractivity contribution in [1.29, 1.82) is 0 Å². The number of aromatic nitrogens is 1. The molecule has 0 saturated heterocycles. The molecule has 1 aromatic carbocycles. The van der Waals surface area contributed by atoms with Gasteiger partial charge >= 0.3 is 0 Å². The molecule has 1 N–H and O–H groups in total. The van der Waals surface area contributed by atoms with E-state index in [9.17, 15) is 4.79 Å². The Balaban J connectivity index is 1.72. The highest BCUT2D eigenvalue weighted by molar-refractivity contribution is 6.44. The number of hydrogen-bond acceptors (Lipinski definition) is 4. The van der Waals surface area contributed by atoms with Gasteiger partial charge in [0.1, 0.15) is 17.2 Å². The zero-order valence-electron chi connectivity index (χ0n) is 12.5. The summed E-state index contributed by atoms with van der Waals surface area (Å²) in [7, 11) is 0. The fourth-order valence-corrected chi connectivity index (χ4v) is 2.63. The maximum atomic E-state index is 11.8. The fraction of sp³-hybridized carbons (Fsp3) is 0. The van der Waals surface area contributed by atoms with Gasteiger partial charge in [-0.05, 0) is 36.4 Å². The number of amides is 1. The van der Waals surface area contributed by atoms with Gasteiger partial charge in [-0.2, -0.15) is 5.10 Å². The molecule has 0 radical (unpaired) electrons. The van der Waals surface area contributed by atoms with E-state index in [1.165, 1.54) is 12.4 Å². The van der Waals surface area contributed by atoms with Crippen LogP contribution in [0, 0.1) is 0 Å². The molecule has 0 aliphatic carbocycles. The van der Waals surface area contributed by atoms with Crippen LogP contribution < -0.4 is 5.43 Å². The number of pyridine rings is 1. The minimum atomic E-state index is -0.420. The number of nitrogens with zero attached hydrogens (tertiary/aromatic N) is 2. The molecular weight excluding hydrogens is 385 g/mol. The minimum Gasteiger partial charge on any atom is -0.455 e. The largest absolute Gasteiger partial charge is 0.455 e. The van der Waals surface area contributed by atoms with Gasteiger partial charge in [0.15, 0.2) is 0 Å². The van der Waals surface area contributed by atoms with Gasteiger partial charge in [-0.25, -0.2) is 5.43 Å². The summed E-state index contributed by atoms with van der Waals surface area (Å²) in [6.45, 7) is 0. The van der Waals surface area contributed by atoms with E-state index in [0.29, 0.717) is 32.2 Å². The molecule has 8 heteroatoms. The van der Waals surface area contributed by atoms with Gasteiger partial charge in [0.25, 0.3) is 5.91 Å². The predicted octanol–water partition coefficient (Wildman–Crippen LogP) is 5.07. The van der Waals surface area contributed by atoms with Crippen molar-refractivity contribution in [2.24, 2.45) is 5.10 Å². The van der Waals surface area contributed by atoms with E-state index in [-0.39, 0.29) is 5.69 Å². The number of rotatable bonds is 4. The van der Waals surface area contributed by atoms with Crippen molar-refractivity contribution in [3.05, 3.63) is 75.2 Å². The highest BCUT2D eigenvalue weighted by Crippen LogP contribution is 2.35. The molecule has 3 rings (SSSR count). The normalized spacial score (nSPS) is 11.0. The quantitative estimate of drug-likeness (QED) is 0.382. The van der Waals surface area contributed by atoms with E-state index in [0.717, 1.165) is 0 Å². The molecule has 1 amide bonds. The average molecular weight is 395 g/mol. The smallest absolute Gasteiger partial charge is 0.289 e. The van der Waals surface area contributed by atoms with Crippen molar-refractivity contribution in [3.63, 3.8) is 0 Å². The van der Waals surface area contributed by atoms with Gasteiger partial charge in [-0.15, -0.1) is 0 Å². The Morgan fingerprint density at radius 1 is 1.08 bits per heavy atom. The molecule has 2 heterocycles. The van der Waals surface area contributed by atoms with Crippen LogP contribution in [0.2, 0.25) is 15.1 Å². The van der Waals surface area contributed by atoms with Crippen molar-refractivity contribution in [2.45, 2.75) is 0 Å². The van der Waals surface area contributed by atoms with Crippen molar-refractivity contribution in [2.75, 3.05) is 0 Å². The summed E-state index contributed by atoms with van der Waals surface area (Å²) in [6.07, 6.45) is 2.90. The lowest BCUT2D eigenvalue weighted by Crippen LogP contribution is -2.18. The first-order chi connectivity index (χ1) is 12.0. The summed E-state index contributed by atoms with van der Waals surface area (Å²) in [5.74, 6) is 0.510. The summed E-state index contributed by atoms with van der Waals surface area (Å²) in [6, 6.07) is 11.6. The van der Waals surface area contributed by atoms with Crippen LogP contribution in [0.15, 0.2) is 58.2 Å². The highest BCUT2D eigenvalue weighted by atomic mass is 35.5. The maximum absolute atomic E-state index is 11.8. The molecular formula is C17H10Cl3N3O2. The number of halogens is 3. The summed E-state index contributed by atoms with van der Waals surface area (Å²) in [5.41, 5.74) is 3.24. The number of benzene rings is 1. The van der Waals surface area contributed by atoms with Crippen LogP contribution in [0.3, 0.4) is 0 Å². The predicted molar refractivity (Wildman–Crippen MR) is 98.5 cm³/mol. The molecule has 25 heavy (non-hydrogen) atoms. The Morgan fingerprint density at radius 2 is 1.88 bits per heavy atom. The third-order valence-electron chi connectivity index (χ3n) is 3.16. The first kappa shape index (κ1) is 17.5. The first-order valence-electron chi connectivity index (χ1n) is 7.04. The third kappa shape index (κ3) is 4.20. The number of nitrogens with one attached hydrogen (secondary N) is 1. The molecule has 0 spiro atoms. The second-order valence-electron chi connectivity index (χ2n) is 4.86. The Kier molecular flexibility index (Phi) is 5.38. The second kappa shape index (κ2) is 7.70. The van der Waals surface area contributed by atoms with Crippen molar-refractivity contribution < 1.29 is 9.21 Å². The summed E-state index contributed by atoms with van der Waals surface area (Å²) in [5, 5.41) is 4.99. The van der Waals surface area contributed by atoms with Crippen LogP contribution in [0.4, 0.5) is 0 Å². The van der Waals surface area contributed by atoms with Gasteiger partial charge in [-0.1, -0.05) is 40.9 Å². The Labute approximate surface area is 158 Å². The van der Waals surface area contributed by atoms with Crippen LogP contribution in [0.25, 0.3) is 11.3 Å². The van der Waals surface area contributed by atoms with E-state index in [4.69, 9.17) is 39.2 Å². The van der Waals surface area contributed by atoms with Crippen molar-refractivity contribution >= 4 is 46.9 Å². The molecule has 3 aromatic rings. The highest BCUT2D eigenvalue weighted by Gasteiger charge is 2.11. The molecule has 2 aromatic heterocycles. The minimum absolute atomic E-state index is 0.266. The lowest BCUT2D eigenvalue weighted by molar-refractivity contribution is 0.0950. The van der Waals surface area contributed by atoms with E-state index < -0.39 is 5.91 Å². The van der Waals surface area contributed by atoms with Gasteiger partial charge in [0.05, 0.1) is 21.3 Å². The van der Waals surface area contributed by atoms with Gasteiger partial charge in [0, 0.05) is 11.8 Å².